The molecule has 0 radical (unpaired) electrons. The fourth-order valence-corrected chi connectivity index (χ4v) is 2.86. The van der Waals surface area contributed by atoms with Gasteiger partial charge in [0, 0.05) is 12.1 Å². The molecule has 2 rings (SSSR count). The highest BCUT2D eigenvalue weighted by Gasteiger charge is 2.29. The van der Waals surface area contributed by atoms with Crippen LogP contribution in [0.15, 0.2) is 0 Å². The van der Waals surface area contributed by atoms with Crippen molar-refractivity contribution in [2.45, 2.75) is 44.7 Å². The molecule has 2 aliphatic rings. The predicted molar refractivity (Wildman–Crippen MR) is 68.9 cm³/mol. The smallest absolute Gasteiger partial charge is 0.224 e. The predicted octanol–water partition coefficient (Wildman–Crippen LogP) is 0.585. The summed E-state index contributed by atoms with van der Waals surface area (Å²) in [6.45, 7) is 5.38. The molecule has 4 heteroatoms. The van der Waals surface area contributed by atoms with Crippen LogP contribution in [-0.2, 0) is 4.79 Å². The van der Waals surface area contributed by atoms with Crippen LogP contribution >= 0.6 is 0 Å². The fraction of sp³-hybridized carbons (Fsp3) is 0.923. The molecule has 0 saturated carbocycles. The van der Waals surface area contributed by atoms with Gasteiger partial charge in [0.25, 0.3) is 0 Å². The maximum absolute atomic E-state index is 12.2. The largest absolute Gasteiger partial charge is 0.353 e. The zero-order valence-corrected chi connectivity index (χ0v) is 11.0. The number of carbonyl (C=O) groups excluding carboxylic acids is 1. The fourth-order valence-electron chi connectivity index (χ4n) is 2.86. The second-order valence-electron chi connectivity index (χ2n) is 5.58. The topological polar surface area (TPSA) is 44.4 Å². The quantitative estimate of drug-likeness (QED) is 0.741. The van der Waals surface area contributed by atoms with Crippen LogP contribution in [0.4, 0.5) is 0 Å². The highest BCUT2D eigenvalue weighted by molar-refractivity contribution is 5.79. The average Bonchev–Trinajstić information content (AvgIpc) is 2.32. The second-order valence-corrected chi connectivity index (χ2v) is 5.58. The minimum atomic E-state index is 0.170. The van der Waals surface area contributed by atoms with E-state index in [2.05, 4.69) is 29.5 Å². The third-order valence-corrected chi connectivity index (χ3v) is 4.16. The molecule has 2 aliphatic heterocycles. The van der Waals surface area contributed by atoms with Gasteiger partial charge in [-0.05, 0) is 59.3 Å². The van der Waals surface area contributed by atoms with E-state index >= 15 is 0 Å². The summed E-state index contributed by atoms with van der Waals surface area (Å²) in [4.78, 5) is 14.5. The molecule has 0 aromatic rings. The molecular formula is C13H25N3O. The molecule has 2 saturated heterocycles. The Hall–Kier alpha value is -0.610. The molecule has 0 aliphatic carbocycles. The van der Waals surface area contributed by atoms with Crippen LogP contribution in [0.2, 0.25) is 0 Å². The van der Waals surface area contributed by atoms with Gasteiger partial charge in [-0.15, -0.1) is 0 Å². The molecule has 1 amide bonds. The number of amides is 1. The molecule has 0 aromatic heterocycles. The van der Waals surface area contributed by atoms with Crippen molar-refractivity contribution < 1.29 is 4.79 Å². The first-order valence-corrected chi connectivity index (χ1v) is 6.89. The maximum Gasteiger partial charge on any atom is 0.224 e. The number of nitrogens with zero attached hydrogens (tertiary/aromatic N) is 1. The molecule has 17 heavy (non-hydrogen) atoms. The minimum Gasteiger partial charge on any atom is -0.353 e. The van der Waals surface area contributed by atoms with Gasteiger partial charge in [0.2, 0.25) is 5.91 Å². The van der Waals surface area contributed by atoms with E-state index in [1.54, 1.807) is 0 Å². The first-order chi connectivity index (χ1) is 8.16. The Balaban J connectivity index is 1.79. The standard InChI is InChI=1S/C13H25N3O/c1-10-12(4-3-7-14-10)13(17)15-11-5-8-16(2)9-6-11/h10-12,14H,3-9H2,1-2H3,(H,15,17). The van der Waals surface area contributed by atoms with Crippen molar-refractivity contribution in [2.75, 3.05) is 26.7 Å². The number of likely N-dealkylation sites (tertiary alicyclic amines) is 1. The van der Waals surface area contributed by atoms with Crippen LogP contribution in [0, 0.1) is 5.92 Å². The summed E-state index contributed by atoms with van der Waals surface area (Å²) in [5, 5.41) is 6.62. The second kappa shape index (κ2) is 5.83. The number of hydrogen-bond acceptors (Lipinski definition) is 3. The van der Waals surface area contributed by atoms with E-state index in [1.807, 2.05) is 0 Å². The summed E-state index contributed by atoms with van der Waals surface area (Å²) in [5.74, 6) is 0.433. The lowest BCUT2D eigenvalue weighted by Crippen LogP contribution is -2.51. The van der Waals surface area contributed by atoms with Crippen molar-refractivity contribution in [2.24, 2.45) is 5.92 Å². The summed E-state index contributed by atoms with van der Waals surface area (Å²) in [6.07, 6.45) is 4.34. The maximum atomic E-state index is 12.2. The van der Waals surface area contributed by atoms with E-state index in [9.17, 15) is 4.79 Å². The van der Waals surface area contributed by atoms with Crippen LogP contribution in [0.1, 0.15) is 32.6 Å². The summed E-state index contributed by atoms with van der Waals surface area (Å²) in [7, 11) is 2.14. The van der Waals surface area contributed by atoms with Gasteiger partial charge in [-0.25, -0.2) is 0 Å². The van der Waals surface area contributed by atoms with Crippen LogP contribution in [0.3, 0.4) is 0 Å². The lowest BCUT2D eigenvalue weighted by Gasteiger charge is -2.33. The molecule has 0 aromatic carbocycles. The zero-order valence-electron chi connectivity index (χ0n) is 11.0. The minimum absolute atomic E-state index is 0.170. The summed E-state index contributed by atoms with van der Waals surface area (Å²) >= 11 is 0. The van der Waals surface area contributed by atoms with Crippen molar-refractivity contribution in [3.8, 4) is 0 Å². The molecule has 2 atom stereocenters. The molecule has 4 nitrogen and oxygen atoms in total. The zero-order chi connectivity index (χ0) is 12.3. The van der Waals surface area contributed by atoms with Crippen molar-refractivity contribution in [3.05, 3.63) is 0 Å². The van der Waals surface area contributed by atoms with Crippen LogP contribution in [0.5, 0.6) is 0 Å². The van der Waals surface area contributed by atoms with Gasteiger partial charge in [0.15, 0.2) is 0 Å². The van der Waals surface area contributed by atoms with Gasteiger partial charge in [-0.3, -0.25) is 4.79 Å². The molecule has 0 spiro atoms. The normalized spacial score (nSPS) is 32.4. The summed E-state index contributed by atoms with van der Waals surface area (Å²) in [5.41, 5.74) is 0. The molecule has 98 valence electrons. The highest BCUT2D eigenvalue weighted by Crippen LogP contribution is 2.17. The van der Waals surface area contributed by atoms with Gasteiger partial charge in [0.1, 0.15) is 0 Å². The van der Waals surface area contributed by atoms with Crippen molar-refractivity contribution >= 4 is 5.91 Å². The van der Waals surface area contributed by atoms with Crippen molar-refractivity contribution in [1.82, 2.24) is 15.5 Å². The van der Waals surface area contributed by atoms with Gasteiger partial charge >= 0.3 is 0 Å². The van der Waals surface area contributed by atoms with Crippen molar-refractivity contribution in [3.63, 3.8) is 0 Å². The van der Waals surface area contributed by atoms with E-state index in [4.69, 9.17) is 0 Å². The lowest BCUT2D eigenvalue weighted by molar-refractivity contribution is -0.127. The van der Waals surface area contributed by atoms with Crippen LogP contribution in [0.25, 0.3) is 0 Å². The Morgan fingerprint density at radius 2 is 2.00 bits per heavy atom. The molecule has 2 fully saturated rings. The first-order valence-electron chi connectivity index (χ1n) is 6.89. The Morgan fingerprint density at radius 1 is 1.29 bits per heavy atom. The number of nitrogens with one attached hydrogen (secondary N) is 2. The number of hydrogen-bond donors (Lipinski definition) is 2. The first kappa shape index (κ1) is 12.8. The molecular weight excluding hydrogens is 214 g/mol. The SMILES string of the molecule is CC1NCCCC1C(=O)NC1CCN(C)CC1. The van der Waals surface area contributed by atoms with Gasteiger partial charge in [-0.1, -0.05) is 0 Å². The number of carbonyl (C=O) groups is 1. The Bertz CT molecular complexity index is 261. The van der Waals surface area contributed by atoms with Crippen molar-refractivity contribution in [1.29, 1.82) is 0 Å². The van der Waals surface area contributed by atoms with E-state index in [0.29, 0.717) is 12.1 Å². The molecule has 2 heterocycles. The van der Waals surface area contributed by atoms with E-state index in [0.717, 1.165) is 45.3 Å². The third kappa shape index (κ3) is 3.42. The summed E-state index contributed by atoms with van der Waals surface area (Å²) < 4.78 is 0. The van der Waals surface area contributed by atoms with Gasteiger partial charge in [0.05, 0.1) is 5.92 Å². The van der Waals surface area contributed by atoms with E-state index in [-0.39, 0.29) is 11.8 Å². The summed E-state index contributed by atoms with van der Waals surface area (Å²) in [6, 6.07) is 0.725. The number of rotatable bonds is 2. The van der Waals surface area contributed by atoms with E-state index < -0.39 is 0 Å². The Morgan fingerprint density at radius 3 is 2.65 bits per heavy atom. The Labute approximate surface area is 104 Å². The van der Waals surface area contributed by atoms with E-state index in [1.165, 1.54) is 0 Å². The van der Waals surface area contributed by atoms with Crippen LogP contribution < -0.4 is 10.6 Å². The molecule has 0 bridgehead atoms. The Kier molecular flexibility index (Phi) is 4.40. The van der Waals surface area contributed by atoms with Gasteiger partial charge < -0.3 is 15.5 Å². The molecule has 2 unspecified atom stereocenters. The average molecular weight is 239 g/mol. The van der Waals surface area contributed by atoms with Gasteiger partial charge in [-0.2, -0.15) is 0 Å². The molecule has 2 N–H and O–H groups in total. The number of piperidine rings is 2. The highest BCUT2D eigenvalue weighted by atomic mass is 16.2. The third-order valence-electron chi connectivity index (χ3n) is 4.16. The monoisotopic (exact) mass is 239 g/mol. The van der Waals surface area contributed by atoms with Crippen LogP contribution in [-0.4, -0.2) is 49.6 Å². The lowest BCUT2D eigenvalue weighted by atomic mass is 9.90.